The van der Waals surface area contributed by atoms with Gasteiger partial charge < -0.3 is 5.73 Å². The largest absolute Gasteiger partial charge is 0.324 e. The highest BCUT2D eigenvalue weighted by atomic mass is 35.5. The Morgan fingerprint density at radius 1 is 0.950 bits per heavy atom. The average molecular weight is 286 g/mol. The third kappa shape index (κ3) is 3.50. The third-order valence-electron chi connectivity index (χ3n) is 3.33. The van der Waals surface area contributed by atoms with Crippen molar-refractivity contribution in [1.29, 1.82) is 0 Å². The van der Waals surface area contributed by atoms with Crippen LogP contribution in [0.15, 0.2) is 60.7 Å². The van der Waals surface area contributed by atoms with Crippen LogP contribution in [0.5, 0.6) is 0 Å². The highest BCUT2D eigenvalue weighted by Crippen LogP contribution is 2.31. The number of hydrogen-bond acceptors (Lipinski definition) is 1. The lowest BCUT2D eigenvalue weighted by molar-refractivity contribution is 0.943. The molecule has 0 aliphatic rings. The Bertz CT molecular complexity index is 558. The van der Waals surface area contributed by atoms with Crippen molar-refractivity contribution in [2.75, 3.05) is 5.88 Å². The molecule has 0 bridgehead atoms. The van der Waals surface area contributed by atoms with Gasteiger partial charge in [0.25, 0.3) is 0 Å². The normalized spacial score (nSPS) is 13.8. The molecule has 1 nitrogen and oxygen atoms in total. The molecule has 20 heavy (non-hydrogen) atoms. The summed E-state index contributed by atoms with van der Waals surface area (Å²) in [5, 5.41) is 0. The Kier molecular flexibility index (Phi) is 5.40. The van der Waals surface area contributed by atoms with E-state index in [1.165, 1.54) is 22.3 Å². The molecule has 2 N–H and O–H groups in total. The van der Waals surface area contributed by atoms with Gasteiger partial charge in [0, 0.05) is 11.9 Å². The van der Waals surface area contributed by atoms with Gasteiger partial charge in [-0.15, -0.1) is 11.6 Å². The zero-order valence-corrected chi connectivity index (χ0v) is 12.5. The molecule has 0 saturated carbocycles. The smallest absolute Gasteiger partial charge is 0.0275 e. The van der Waals surface area contributed by atoms with Crippen molar-refractivity contribution < 1.29 is 0 Å². The van der Waals surface area contributed by atoms with Gasteiger partial charge in [0.15, 0.2) is 0 Å². The quantitative estimate of drug-likeness (QED) is 0.632. The molecule has 0 aliphatic carbocycles. The molecular formula is C18H20ClN. The first kappa shape index (κ1) is 14.8. The van der Waals surface area contributed by atoms with E-state index in [9.17, 15) is 0 Å². The number of halogens is 1. The van der Waals surface area contributed by atoms with Gasteiger partial charge in [-0.1, -0.05) is 60.7 Å². The number of nitrogens with two attached hydrogens (primary N) is 1. The summed E-state index contributed by atoms with van der Waals surface area (Å²) in [6.07, 6.45) is 0.817. The summed E-state index contributed by atoms with van der Waals surface area (Å²) < 4.78 is 0. The second-order valence-electron chi connectivity index (χ2n) is 4.85. The number of alkyl halides is 1. The molecule has 2 aromatic carbocycles. The van der Waals surface area contributed by atoms with Gasteiger partial charge in [0.05, 0.1) is 0 Å². The molecule has 0 aliphatic heterocycles. The first-order valence-electron chi connectivity index (χ1n) is 6.89. The van der Waals surface area contributed by atoms with Crippen molar-refractivity contribution in [2.24, 2.45) is 5.73 Å². The molecule has 0 saturated heterocycles. The Morgan fingerprint density at radius 3 is 1.90 bits per heavy atom. The molecule has 0 heterocycles. The van der Waals surface area contributed by atoms with E-state index in [0.717, 1.165) is 6.42 Å². The van der Waals surface area contributed by atoms with E-state index >= 15 is 0 Å². The van der Waals surface area contributed by atoms with Gasteiger partial charge in [-0.05, 0) is 35.6 Å². The molecular weight excluding hydrogens is 266 g/mol. The van der Waals surface area contributed by atoms with E-state index in [0.29, 0.717) is 5.88 Å². The second kappa shape index (κ2) is 7.28. The van der Waals surface area contributed by atoms with Gasteiger partial charge in [-0.25, -0.2) is 0 Å². The highest BCUT2D eigenvalue weighted by molar-refractivity contribution is 6.18. The second-order valence-corrected chi connectivity index (χ2v) is 5.23. The van der Waals surface area contributed by atoms with Gasteiger partial charge in [0.1, 0.15) is 0 Å². The van der Waals surface area contributed by atoms with Crippen LogP contribution in [0.2, 0.25) is 0 Å². The Balaban J connectivity index is 2.60. The standard InChI is InChI=1S/C18H20ClN/c1-14(20)18(16-10-6-3-7-11-16)17(12-13-19)15-8-4-2-5-9-15/h2-11,14H,12-13,20H2,1H3. The fourth-order valence-corrected chi connectivity index (χ4v) is 2.69. The van der Waals surface area contributed by atoms with E-state index in [4.69, 9.17) is 17.3 Å². The minimum atomic E-state index is -0.0316. The molecule has 0 amide bonds. The van der Waals surface area contributed by atoms with Crippen LogP contribution in [-0.2, 0) is 0 Å². The molecule has 2 aromatic rings. The van der Waals surface area contributed by atoms with Gasteiger partial charge in [0.2, 0.25) is 0 Å². The number of benzene rings is 2. The first-order valence-corrected chi connectivity index (χ1v) is 7.43. The van der Waals surface area contributed by atoms with Crippen molar-refractivity contribution >= 4 is 22.7 Å². The third-order valence-corrected chi connectivity index (χ3v) is 3.52. The van der Waals surface area contributed by atoms with Crippen LogP contribution in [0.4, 0.5) is 0 Å². The van der Waals surface area contributed by atoms with Gasteiger partial charge in [-0.3, -0.25) is 0 Å². The monoisotopic (exact) mass is 285 g/mol. The molecule has 2 heteroatoms. The fourth-order valence-electron chi connectivity index (χ4n) is 2.50. The summed E-state index contributed by atoms with van der Waals surface area (Å²) in [6.45, 7) is 2.03. The summed E-state index contributed by atoms with van der Waals surface area (Å²) >= 11 is 6.01. The van der Waals surface area contributed by atoms with Crippen molar-refractivity contribution in [3.8, 4) is 0 Å². The lowest BCUT2D eigenvalue weighted by Gasteiger charge is -2.19. The number of rotatable bonds is 5. The van der Waals surface area contributed by atoms with E-state index < -0.39 is 0 Å². The molecule has 1 unspecified atom stereocenters. The van der Waals surface area contributed by atoms with E-state index in [1.54, 1.807) is 0 Å². The predicted octanol–water partition coefficient (Wildman–Crippen LogP) is 4.57. The van der Waals surface area contributed by atoms with E-state index in [-0.39, 0.29) is 6.04 Å². The lowest BCUT2D eigenvalue weighted by Crippen LogP contribution is -2.18. The van der Waals surface area contributed by atoms with Crippen molar-refractivity contribution in [1.82, 2.24) is 0 Å². The summed E-state index contributed by atoms with van der Waals surface area (Å²) in [5.74, 6) is 0.591. The van der Waals surface area contributed by atoms with Crippen LogP contribution in [0, 0.1) is 0 Å². The minimum Gasteiger partial charge on any atom is -0.324 e. The molecule has 0 fully saturated rings. The summed E-state index contributed by atoms with van der Waals surface area (Å²) in [7, 11) is 0. The number of allylic oxidation sites excluding steroid dienone is 1. The number of hydrogen-bond donors (Lipinski definition) is 1. The van der Waals surface area contributed by atoms with Crippen LogP contribution < -0.4 is 5.73 Å². The minimum absolute atomic E-state index is 0.0316. The van der Waals surface area contributed by atoms with Crippen molar-refractivity contribution in [3.63, 3.8) is 0 Å². The maximum absolute atomic E-state index is 6.24. The summed E-state index contributed by atoms with van der Waals surface area (Å²) in [4.78, 5) is 0. The lowest BCUT2D eigenvalue weighted by atomic mass is 9.89. The van der Waals surface area contributed by atoms with Crippen molar-refractivity contribution in [2.45, 2.75) is 19.4 Å². The molecule has 2 rings (SSSR count). The van der Waals surface area contributed by atoms with Crippen LogP contribution >= 0.6 is 11.6 Å². The zero-order valence-electron chi connectivity index (χ0n) is 11.7. The Hall–Kier alpha value is -1.57. The maximum atomic E-state index is 6.24. The molecule has 0 aromatic heterocycles. The van der Waals surface area contributed by atoms with E-state index in [2.05, 4.69) is 24.3 Å². The van der Waals surface area contributed by atoms with Crippen molar-refractivity contribution in [3.05, 3.63) is 71.8 Å². The topological polar surface area (TPSA) is 26.0 Å². The van der Waals surface area contributed by atoms with Gasteiger partial charge >= 0.3 is 0 Å². The summed E-state index contributed by atoms with van der Waals surface area (Å²) in [5.41, 5.74) is 11.0. The highest BCUT2D eigenvalue weighted by Gasteiger charge is 2.14. The molecule has 0 spiro atoms. The van der Waals surface area contributed by atoms with Crippen LogP contribution in [0.3, 0.4) is 0 Å². The molecule has 1 atom stereocenters. The molecule has 0 radical (unpaired) electrons. The first-order chi connectivity index (χ1) is 9.74. The van der Waals surface area contributed by atoms with Crippen LogP contribution in [-0.4, -0.2) is 11.9 Å². The average Bonchev–Trinajstić information content (AvgIpc) is 2.48. The predicted molar refractivity (Wildman–Crippen MR) is 88.7 cm³/mol. The van der Waals surface area contributed by atoms with Gasteiger partial charge in [-0.2, -0.15) is 0 Å². The maximum Gasteiger partial charge on any atom is 0.0275 e. The Labute approximate surface area is 126 Å². The summed E-state index contributed by atoms with van der Waals surface area (Å²) in [6, 6.07) is 20.6. The Morgan fingerprint density at radius 2 is 1.45 bits per heavy atom. The van der Waals surface area contributed by atoms with E-state index in [1.807, 2.05) is 43.3 Å². The van der Waals surface area contributed by atoms with Crippen LogP contribution in [0.1, 0.15) is 24.5 Å². The van der Waals surface area contributed by atoms with Crippen LogP contribution in [0.25, 0.3) is 11.1 Å². The fraction of sp³-hybridized carbons (Fsp3) is 0.222. The zero-order chi connectivity index (χ0) is 14.4. The molecule has 104 valence electrons. The SMILES string of the molecule is CC(N)C(=C(CCCl)c1ccccc1)c1ccccc1.